The van der Waals surface area contributed by atoms with Crippen LogP contribution in [0.3, 0.4) is 0 Å². The zero-order chi connectivity index (χ0) is 11.5. The molecule has 1 aliphatic rings. The second kappa shape index (κ2) is 5.52. The molecule has 0 amide bonds. The molecule has 4 nitrogen and oxygen atoms in total. The first-order valence-electron chi connectivity index (χ1n) is 5.25. The second-order valence-corrected chi connectivity index (χ2v) is 7.23. The largest absolute Gasteiger partial charge is 0.329 e. The van der Waals surface area contributed by atoms with Gasteiger partial charge in [0, 0.05) is 17.8 Å². The number of nitrogens with one attached hydrogen (secondary N) is 1. The number of rotatable bonds is 5. The second-order valence-electron chi connectivity index (χ2n) is 4.02. The lowest BCUT2D eigenvalue weighted by molar-refractivity contribution is 0.544. The summed E-state index contributed by atoms with van der Waals surface area (Å²) in [5.41, 5.74) is 5.38. The number of sulfonamides is 1. The van der Waals surface area contributed by atoms with E-state index < -0.39 is 15.3 Å². The third-order valence-corrected chi connectivity index (χ3v) is 5.99. The number of thioether (sulfide) groups is 1. The summed E-state index contributed by atoms with van der Waals surface area (Å²) in [5, 5.41) is -0.0784. The summed E-state index contributed by atoms with van der Waals surface area (Å²) in [6.07, 6.45) is 5.19. The summed E-state index contributed by atoms with van der Waals surface area (Å²) < 4.78 is 26.3. The predicted octanol–water partition coefficient (Wildman–Crippen LogP) is 0.537. The van der Waals surface area contributed by atoms with Crippen molar-refractivity contribution in [3.63, 3.8) is 0 Å². The van der Waals surface area contributed by atoms with E-state index in [1.165, 1.54) is 0 Å². The van der Waals surface area contributed by atoms with Gasteiger partial charge >= 0.3 is 0 Å². The van der Waals surface area contributed by atoms with Crippen molar-refractivity contribution >= 4 is 21.8 Å². The molecular formula is C9H20N2O2S2. The Morgan fingerprint density at radius 3 is 2.73 bits per heavy atom. The molecule has 1 saturated carbocycles. The first kappa shape index (κ1) is 13.3. The zero-order valence-corrected chi connectivity index (χ0v) is 10.9. The van der Waals surface area contributed by atoms with Crippen molar-refractivity contribution in [1.29, 1.82) is 0 Å². The van der Waals surface area contributed by atoms with Gasteiger partial charge in [0.25, 0.3) is 0 Å². The van der Waals surface area contributed by atoms with Gasteiger partial charge in [0.1, 0.15) is 0 Å². The molecule has 3 unspecified atom stereocenters. The molecule has 0 bridgehead atoms. The summed E-state index contributed by atoms with van der Waals surface area (Å²) in [5.74, 6) is 0. The summed E-state index contributed by atoms with van der Waals surface area (Å²) in [6, 6.07) is 0.0963. The minimum atomic E-state index is -3.23. The van der Waals surface area contributed by atoms with Crippen LogP contribution in [0, 0.1) is 0 Å². The highest BCUT2D eigenvalue weighted by Crippen LogP contribution is 2.29. The molecule has 90 valence electrons. The summed E-state index contributed by atoms with van der Waals surface area (Å²) in [7, 11) is -3.23. The molecule has 0 aromatic carbocycles. The van der Waals surface area contributed by atoms with Crippen molar-refractivity contribution in [1.82, 2.24) is 4.72 Å². The Morgan fingerprint density at radius 2 is 2.20 bits per heavy atom. The molecule has 0 spiro atoms. The summed E-state index contributed by atoms with van der Waals surface area (Å²) in [4.78, 5) is 0. The highest BCUT2D eigenvalue weighted by Gasteiger charge is 2.31. The molecule has 1 fully saturated rings. The number of hydrogen-bond acceptors (Lipinski definition) is 4. The first-order chi connectivity index (χ1) is 7.01. The number of hydrogen-bond donors (Lipinski definition) is 2. The van der Waals surface area contributed by atoms with Crippen LogP contribution in [-0.4, -0.2) is 37.8 Å². The first-order valence-corrected chi connectivity index (χ1v) is 8.08. The lowest BCUT2D eigenvalue weighted by Crippen LogP contribution is -2.44. The molecule has 3 atom stereocenters. The van der Waals surface area contributed by atoms with Gasteiger partial charge in [0.2, 0.25) is 10.0 Å². The minimum Gasteiger partial charge on any atom is -0.329 e. The standard InChI is InChI=1S/C9H20N2O2S2/c1-7(6-10)15(12,13)11-8-4-3-5-9(8)14-2/h7-9,11H,3-6,10H2,1-2H3. The van der Waals surface area contributed by atoms with E-state index in [1.807, 2.05) is 6.26 Å². The molecule has 0 aromatic heterocycles. The van der Waals surface area contributed by atoms with Crippen LogP contribution in [0.5, 0.6) is 0 Å². The van der Waals surface area contributed by atoms with Gasteiger partial charge < -0.3 is 5.73 Å². The van der Waals surface area contributed by atoms with Crippen LogP contribution < -0.4 is 10.5 Å². The van der Waals surface area contributed by atoms with E-state index in [2.05, 4.69) is 4.72 Å². The Kier molecular flexibility index (Phi) is 4.89. The Labute approximate surface area is 96.4 Å². The highest BCUT2D eigenvalue weighted by molar-refractivity contribution is 7.99. The molecule has 0 heterocycles. The molecule has 15 heavy (non-hydrogen) atoms. The van der Waals surface area contributed by atoms with Gasteiger partial charge in [0.05, 0.1) is 5.25 Å². The fraction of sp³-hybridized carbons (Fsp3) is 1.00. The Bertz CT molecular complexity index is 292. The summed E-state index contributed by atoms with van der Waals surface area (Å²) in [6.45, 7) is 1.82. The maximum atomic E-state index is 11.8. The normalized spacial score (nSPS) is 29.3. The molecule has 6 heteroatoms. The Morgan fingerprint density at radius 1 is 1.53 bits per heavy atom. The van der Waals surface area contributed by atoms with Gasteiger partial charge in [-0.05, 0) is 26.0 Å². The van der Waals surface area contributed by atoms with Crippen LogP contribution in [0.1, 0.15) is 26.2 Å². The van der Waals surface area contributed by atoms with Crippen LogP contribution in [0.15, 0.2) is 0 Å². The Hall–Kier alpha value is 0.220. The smallest absolute Gasteiger partial charge is 0.215 e. The van der Waals surface area contributed by atoms with E-state index in [1.54, 1.807) is 18.7 Å². The van der Waals surface area contributed by atoms with E-state index in [-0.39, 0.29) is 12.6 Å². The van der Waals surface area contributed by atoms with E-state index in [4.69, 9.17) is 5.73 Å². The zero-order valence-electron chi connectivity index (χ0n) is 9.27. The van der Waals surface area contributed by atoms with E-state index >= 15 is 0 Å². The van der Waals surface area contributed by atoms with Crippen molar-refractivity contribution in [2.75, 3.05) is 12.8 Å². The fourth-order valence-corrected chi connectivity index (χ4v) is 4.01. The lowest BCUT2D eigenvalue weighted by atomic mass is 10.3. The van der Waals surface area contributed by atoms with Gasteiger partial charge in [-0.3, -0.25) is 0 Å². The molecular weight excluding hydrogens is 232 g/mol. The topological polar surface area (TPSA) is 72.2 Å². The molecule has 1 aliphatic carbocycles. The molecule has 1 rings (SSSR count). The van der Waals surface area contributed by atoms with Crippen molar-refractivity contribution in [2.24, 2.45) is 5.73 Å². The SMILES string of the molecule is CSC1CCCC1NS(=O)(=O)C(C)CN. The minimum absolute atomic E-state index is 0.0963. The average molecular weight is 252 g/mol. The van der Waals surface area contributed by atoms with Gasteiger partial charge in [-0.1, -0.05) is 6.42 Å². The summed E-state index contributed by atoms with van der Waals surface area (Å²) >= 11 is 1.74. The van der Waals surface area contributed by atoms with E-state index in [0.29, 0.717) is 5.25 Å². The molecule has 0 aliphatic heterocycles. The van der Waals surface area contributed by atoms with Gasteiger partial charge in [-0.15, -0.1) is 0 Å². The van der Waals surface area contributed by atoms with Gasteiger partial charge in [-0.25, -0.2) is 13.1 Å². The van der Waals surface area contributed by atoms with Crippen molar-refractivity contribution in [3.05, 3.63) is 0 Å². The quantitative estimate of drug-likeness (QED) is 0.749. The molecule has 3 N–H and O–H groups in total. The monoisotopic (exact) mass is 252 g/mol. The van der Waals surface area contributed by atoms with Crippen molar-refractivity contribution in [2.45, 2.75) is 42.7 Å². The van der Waals surface area contributed by atoms with E-state index in [0.717, 1.165) is 19.3 Å². The molecule has 0 saturated heterocycles. The molecule has 0 aromatic rings. The van der Waals surface area contributed by atoms with Crippen LogP contribution >= 0.6 is 11.8 Å². The van der Waals surface area contributed by atoms with Crippen LogP contribution in [0.2, 0.25) is 0 Å². The Balaban J connectivity index is 2.61. The highest BCUT2D eigenvalue weighted by atomic mass is 32.2. The van der Waals surface area contributed by atoms with E-state index in [9.17, 15) is 8.42 Å². The van der Waals surface area contributed by atoms with Crippen LogP contribution in [0.25, 0.3) is 0 Å². The third kappa shape index (κ3) is 3.34. The van der Waals surface area contributed by atoms with Crippen molar-refractivity contribution in [3.8, 4) is 0 Å². The maximum Gasteiger partial charge on any atom is 0.215 e. The van der Waals surface area contributed by atoms with Gasteiger partial charge in [0.15, 0.2) is 0 Å². The van der Waals surface area contributed by atoms with Crippen LogP contribution in [-0.2, 0) is 10.0 Å². The predicted molar refractivity (Wildman–Crippen MR) is 65.5 cm³/mol. The van der Waals surface area contributed by atoms with Crippen LogP contribution in [0.4, 0.5) is 0 Å². The van der Waals surface area contributed by atoms with Gasteiger partial charge in [-0.2, -0.15) is 11.8 Å². The average Bonchev–Trinajstić information content (AvgIpc) is 2.63. The fourth-order valence-electron chi connectivity index (χ4n) is 1.80. The molecule has 0 radical (unpaired) electrons. The maximum absolute atomic E-state index is 11.8. The van der Waals surface area contributed by atoms with Crippen molar-refractivity contribution < 1.29 is 8.42 Å². The third-order valence-electron chi connectivity index (χ3n) is 2.93. The number of nitrogens with two attached hydrogens (primary N) is 1. The lowest BCUT2D eigenvalue weighted by Gasteiger charge is -2.21.